The summed E-state index contributed by atoms with van der Waals surface area (Å²) in [7, 11) is 2.73. The molecule has 0 heterocycles. The number of rotatable bonds is 2. The van der Waals surface area contributed by atoms with Crippen molar-refractivity contribution >= 4 is 20.2 Å². The second-order valence-corrected chi connectivity index (χ2v) is 5.21. The van der Waals surface area contributed by atoms with Crippen LogP contribution in [0.1, 0.15) is 25.3 Å². The van der Waals surface area contributed by atoms with E-state index in [0.717, 1.165) is 11.0 Å². The number of hydrogen-bond acceptors (Lipinski definition) is 1. The monoisotopic (exact) mass is 243 g/mol. The highest BCUT2D eigenvalue weighted by Gasteiger charge is 2.09. The van der Waals surface area contributed by atoms with Crippen LogP contribution in [0, 0.1) is 0 Å². The van der Waals surface area contributed by atoms with E-state index in [0.29, 0.717) is 5.92 Å². The van der Waals surface area contributed by atoms with Crippen molar-refractivity contribution in [3.05, 3.63) is 48.0 Å². The second-order valence-electron chi connectivity index (χ2n) is 4.59. The van der Waals surface area contributed by atoms with Crippen molar-refractivity contribution in [2.75, 3.05) is 5.73 Å². The molecule has 0 aliphatic heterocycles. The topological polar surface area (TPSA) is 26.0 Å². The van der Waals surface area contributed by atoms with E-state index in [4.69, 9.17) is 5.73 Å². The Kier molecular flexibility index (Phi) is 3.49. The molecule has 0 bridgehead atoms. The first kappa shape index (κ1) is 12.1. The van der Waals surface area contributed by atoms with Gasteiger partial charge in [-0.1, -0.05) is 44.2 Å². The molecule has 88 valence electrons. The molecule has 1 atom stereocenters. The Morgan fingerprint density at radius 3 is 2.24 bits per heavy atom. The molecule has 0 spiro atoms. The van der Waals surface area contributed by atoms with Crippen LogP contribution in [0.5, 0.6) is 0 Å². The predicted molar refractivity (Wildman–Crippen MR) is 79.7 cm³/mol. The fourth-order valence-corrected chi connectivity index (χ4v) is 2.32. The van der Waals surface area contributed by atoms with E-state index in [1.54, 1.807) is 0 Å². The fourth-order valence-electron chi connectivity index (χ4n) is 1.97. The zero-order chi connectivity index (χ0) is 12.4. The Morgan fingerprint density at radius 1 is 1.00 bits per heavy atom. The zero-order valence-corrected chi connectivity index (χ0v) is 11.4. The number of anilines is 1. The highest BCUT2D eigenvalue weighted by atomic mass is 31.0. The first-order chi connectivity index (χ1) is 8.09. The molecule has 0 aliphatic carbocycles. The molecule has 2 heteroatoms. The molecule has 17 heavy (non-hydrogen) atoms. The summed E-state index contributed by atoms with van der Waals surface area (Å²) in [5.41, 5.74) is 10.7. The molecular weight excluding hydrogens is 225 g/mol. The molecule has 2 N–H and O–H groups in total. The van der Waals surface area contributed by atoms with Gasteiger partial charge in [-0.25, -0.2) is 0 Å². The van der Waals surface area contributed by atoms with Crippen molar-refractivity contribution < 1.29 is 0 Å². The summed E-state index contributed by atoms with van der Waals surface area (Å²) in [5.74, 6) is 0.443. The lowest BCUT2D eigenvalue weighted by molar-refractivity contribution is 0.871. The first-order valence-electron chi connectivity index (χ1n) is 5.84. The van der Waals surface area contributed by atoms with Crippen LogP contribution in [0.4, 0.5) is 5.69 Å². The maximum atomic E-state index is 6.11. The van der Waals surface area contributed by atoms with E-state index in [1.165, 1.54) is 16.7 Å². The fraction of sp³-hybridized carbons (Fsp3) is 0.200. The lowest BCUT2D eigenvalue weighted by Crippen LogP contribution is -2.07. The summed E-state index contributed by atoms with van der Waals surface area (Å²) in [4.78, 5) is 0. The van der Waals surface area contributed by atoms with E-state index in [1.807, 2.05) is 6.07 Å². The van der Waals surface area contributed by atoms with Crippen LogP contribution in [0.15, 0.2) is 42.5 Å². The minimum absolute atomic E-state index is 0.443. The highest BCUT2D eigenvalue weighted by Crippen LogP contribution is 2.28. The summed E-state index contributed by atoms with van der Waals surface area (Å²) in [6.07, 6.45) is 0. The lowest BCUT2D eigenvalue weighted by atomic mass is 9.96. The molecule has 2 aromatic carbocycles. The summed E-state index contributed by atoms with van der Waals surface area (Å²) in [6, 6.07) is 14.7. The van der Waals surface area contributed by atoms with Gasteiger partial charge in [-0.15, -0.1) is 9.24 Å². The molecule has 1 unspecified atom stereocenters. The maximum Gasteiger partial charge on any atom is 0.0422 e. The summed E-state index contributed by atoms with van der Waals surface area (Å²) < 4.78 is 0. The van der Waals surface area contributed by atoms with Crippen molar-refractivity contribution in [1.29, 1.82) is 0 Å². The lowest BCUT2D eigenvalue weighted by Gasteiger charge is -2.14. The van der Waals surface area contributed by atoms with E-state index >= 15 is 0 Å². The minimum Gasteiger partial charge on any atom is -0.398 e. The predicted octanol–water partition coefficient (Wildman–Crippen LogP) is 3.56. The molecule has 0 amide bonds. The molecule has 0 aliphatic rings. The molecule has 0 radical (unpaired) electrons. The number of nitrogens with two attached hydrogens (primary N) is 1. The third kappa shape index (κ3) is 2.50. The molecule has 0 saturated carbocycles. The SMILES string of the molecule is CC(C)c1cc(-c2ccccc2)cc(P)c1N. The van der Waals surface area contributed by atoms with Crippen LogP contribution < -0.4 is 11.0 Å². The Hall–Kier alpha value is -1.33. The largest absolute Gasteiger partial charge is 0.398 e. The third-order valence-electron chi connectivity index (χ3n) is 2.97. The molecule has 1 nitrogen and oxygen atoms in total. The molecule has 0 fully saturated rings. The van der Waals surface area contributed by atoms with Crippen LogP contribution >= 0.6 is 9.24 Å². The van der Waals surface area contributed by atoms with Gasteiger partial charge in [0.25, 0.3) is 0 Å². The van der Waals surface area contributed by atoms with E-state index in [2.05, 4.69) is 59.5 Å². The van der Waals surface area contributed by atoms with Crippen molar-refractivity contribution in [3.63, 3.8) is 0 Å². The molecule has 2 rings (SSSR count). The van der Waals surface area contributed by atoms with Gasteiger partial charge in [0.1, 0.15) is 0 Å². The molecule has 2 aromatic rings. The van der Waals surface area contributed by atoms with Crippen molar-refractivity contribution in [2.45, 2.75) is 19.8 Å². The van der Waals surface area contributed by atoms with E-state index in [-0.39, 0.29) is 0 Å². The van der Waals surface area contributed by atoms with Gasteiger partial charge in [0.05, 0.1) is 0 Å². The van der Waals surface area contributed by atoms with Gasteiger partial charge in [0.15, 0.2) is 0 Å². The second kappa shape index (κ2) is 4.89. The summed E-state index contributed by atoms with van der Waals surface area (Å²) >= 11 is 0. The van der Waals surface area contributed by atoms with Gasteiger partial charge >= 0.3 is 0 Å². The van der Waals surface area contributed by atoms with Gasteiger partial charge in [-0.2, -0.15) is 0 Å². The van der Waals surface area contributed by atoms with Crippen molar-refractivity contribution in [2.24, 2.45) is 0 Å². The smallest absolute Gasteiger partial charge is 0.0422 e. The van der Waals surface area contributed by atoms with Gasteiger partial charge in [0, 0.05) is 5.69 Å². The van der Waals surface area contributed by atoms with E-state index in [9.17, 15) is 0 Å². The number of benzene rings is 2. The first-order valence-corrected chi connectivity index (χ1v) is 6.41. The minimum atomic E-state index is 0.443. The normalized spacial score (nSPS) is 10.8. The summed E-state index contributed by atoms with van der Waals surface area (Å²) in [5, 5.41) is 1.08. The molecular formula is C15H18NP. The Labute approximate surface area is 105 Å². The zero-order valence-electron chi connectivity index (χ0n) is 10.3. The highest BCUT2D eigenvalue weighted by molar-refractivity contribution is 7.28. The maximum absolute atomic E-state index is 6.11. The van der Waals surface area contributed by atoms with Crippen LogP contribution in [-0.4, -0.2) is 0 Å². The Morgan fingerprint density at radius 2 is 1.65 bits per heavy atom. The Bertz CT molecular complexity index is 518. The summed E-state index contributed by atoms with van der Waals surface area (Å²) in [6.45, 7) is 4.34. The van der Waals surface area contributed by atoms with Crippen LogP contribution in [0.25, 0.3) is 11.1 Å². The standard InChI is InChI=1S/C15H18NP/c1-10(2)13-8-12(9-14(17)15(13)16)11-6-4-3-5-7-11/h3-10H,16-17H2,1-2H3. The van der Waals surface area contributed by atoms with Gasteiger partial charge in [0.2, 0.25) is 0 Å². The van der Waals surface area contributed by atoms with Crippen LogP contribution in [0.3, 0.4) is 0 Å². The Balaban J connectivity index is 2.57. The van der Waals surface area contributed by atoms with Gasteiger partial charge in [-0.3, -0.25) is 0 Å². The number of nitrogen functional groups attached to an aromatic ring is 1. The molecule has 0 saturated heterocycles. The van der Waals surface area contributed by atoms with Gasteiger partial charge in [-0.05, 0) is 40.0 Å². The molecule has 0 aromatic heterocycles. The van der Waals surface area contributed by atoms with E-state index < -0.39 is 0 Å². The van der Waals surface area contributed by atoms with Gasteiger partial charge < -0.3 is 5.73 Å². The van der Waals surface area contributed by atoms with Crippen molar-refractivity contribution in [1.82, 2.24) is 0 Å². The quantitative estimate of drug-likeness (QED) is 0.633. The number of hydrogen-bond donors (Lipinski definition) is 1. The third-order valence-corrected chi connectivity index (χ3v) is 3.45. The van der Waals surface area contributed by atoms with Crippen molar-refractivity contribution in [3.8, 4) is 11.1 Å². The average Bonchev–Trinajstić information content (AvgIpc) is 2.33. The van der Waals surface area contributed by atoms with Crippen LogP contribution in [0.2, 0.25) is 0 Å². The average molecular weight is 243 g/mol. The van der Waals surface area contributed by atoms with Crippen LogP contribution in [-0.2, 0) is 0 Å².